The number of anilines is 1. The molecule has 1 aliphatic heterocycles. The molecule has 1 aliphatic rings. The lowest BCUT2D eigenvalue weighted by Gasteiger charge is -2.24. The summed E-state index contributed by atoms with van der Waals surface area (Å²) in [6.07, 6.45) is 4.48. The Morgan fingerprint density at radius 3 is 2.50 bits per heavy atom. The molecule has 1 aromatic carbocycles. The normalized spacial score (nSPS) is 15.1. The fourth-order valence-electron chi connectivity index (χ4n) is 3.96. The molecular formula is C22H27N5O3. The summed E-state index contributed by atoms with van der Waals surface area (Å²) in [6, 6.07) is 8.00. The topological polar surface area (TPSA) is 72.8 Å². The van der Waals surface area contributed by atoms with Gasteiger partial charge in [0.2, 0.25) is 5.75 Å². The highest BCUT2D eigenvalue weighted by atomic mass is 16.5. The quantitative estimate of drug-likeness (QED) is 0.615. The van der Waals surface area contributed by atoms with E-state index in [4.69, 9.17) is 14.2 Å². The molecule has 3 aromatic rings. The van der Waals surface area contributed by atoms with E-state index >= 15 is 0 Å². The van der Waals surface area contributed by atoms with Gasteiger partial charge in [-0.1, -0.05) is 6.07 Å². The highest BCUT2D eigenvalue weighted by Gasteiger charge is 2.23. The fourth-order valence-corrected chi connectivity index (χ4v) is 3.96. The van der Waals surface area contributed by atoms with E-state index < -0.39 is 0 Å². The third kappa shape index (κ3) is 3.95. The molecule has 3 heterocycles. The van der Waals surface area contributed by atoms with Crippen molar-refractivity contribution >= 4 is 16.7 Å². The SMILES string of the molecule is COc1cc2c(N3CCCN(Cc4ccccn4)CC3)ncnc2c(OC)c1OC. The molecule has 0 radical (unpaired) electrons. The molecule has 158 valence electrons. The van der Waals surface area contributed by atoms with Crippen LogP contribution < -0.4 is 19.1 Å². The summed E-state index contributed by atoms with van der Waals surface area (Å²) >= 11 is 0. The van der Waals surface area contributed by atoms with Gasteiger partial charge in [-0.3, -0.25) is 9.88 Å². The summed E-state index contributed by atoms with van der Waals surface area (Å²) < 4.78 is 16.7. The van der Waals surface area contributed by atoms with Gasteiger partial charge >= 0.3 is 0 Å². The first-order valence-corrected chi connectivity index (χ1v) is 10.1. The van der Waals surface area contributed by atoms with E-state index in [0.717, 1.165) is 61.6 Å². The largest absolute Gasteiger partial charge is 0.493 e. The first-order valence-electron chi connectivity index (χ1n) is 10.1. The van der Waals surface area contributed by atoms with Crippen LogP contribution in [0.15, 0.2) is 36.8 Å². The van der Waals surface area contributed by atoms with Crippen molar-refractivity contribution in [1.29, 1.82) is 0 Å². The van der Waals surface area contributed by atoms with E-state index in [1.807, 2.05) is 24.4 Å². The van der Waals surface area contributed by atoms with Gasteiger partial charge in [0, 0.05) is 38.9 Å². The van der Waals surface area contributed by atoms with Crippen LogP contribution in [-0.4, -0.2) is 67.4 Å². The second-order valence-corrected chi connectivity index (χ2v) is 7.18. The van der Waals surface area contributed by atoms with Crippen LogP contribution in [0.25, 0.3) is 10.9 Å². The Bertz CT molecular complexity index is 999. The third-order valence-corrected chi connectivity index (χ3v) is 5.41. The number of hydrogen-bond donors (Lipinski definition) is 0. The minimum Gasteiger partial charge on any atom is -0.493 e. The molecule has 1 saturated heterocycles. The lowest BCUT2D eigenvalue weighted by atomic mass is 10.1. The van der Waals surface area contributed by atoms with Gasteiger partial charge in [0.25, 0.3) is 0 Å². The van der Waals surface area contributed by atoms with E-state index in [0.29, 0.717) is 17.2 Å². The van der Waals surface area contributed by atoms with Gasteiger partial charge in [0.05, 0.1) is 32.4 Å². The standard InChI is InChI=1S/C22H27N5O3/c1-28-18-13-17-19(21(30-3)20(18)29-2)24-15-25-22(17)27-10-6-9-26(11-12-27)14-16-7-4-5-8-23-16/h4-5,7-8,13,15H,6,9-12,14H2,1-3H3. The maximum Gasteiger partial charge on any atom is 0.205 e. The van der Waals surface area contributed by atoms with Crippen molar-refractivity contribution in [2.24, 2.45) is 0 Å². The summed E-state index contributed by atoms with van der Waals surface area (Å²) in [5.41, 5.74) is 1.81. The molecule has 0 amide bonds. The van der Waals surface area contributed by atoms with Crippen molar-refractivity contribution in [1.82, 2.24) is 19.9 Å². The second kappa shape index (κ2) is 9.13. The molecule has 0 unspecified atom stereocenters. The highest BCUT2D eigenvalue weighted by Crippen LogP contribution is 2.44. The van der Waals surface area contributed by atoms with Crippen LogP contribution in [0.1, 0.15) is 12.1 Å². The molecular weight excluding hydrogens is 382 g/mol. The molecule has 0 bridgehead atoms. The number of nitrogens with zero attached hydrogens (tertiary/aromatic N) is 5. The number of pyridine rings is 1. The van der Waals surface area contributed by atoms with E-state index in [9.17, 15) is 0 Å². The Hall–Kier alpha value is -3.13. The molecule has 30 heavy (non-hydrogen) atoms. The van der Waals surface area contributed by atoms with Crippen molar-refractivity contribution in [2.45, 2.75) is 13.0 Å². The molecule has 2 aromatic heterocycles. The summed E-state index contributed by atoms with van der Waals surface area (Å²) in [5.74, 6) is 2.58. The zero-order valence-corrected chi connectivity index (χ0v) is 17.7. The molecule has 0 saturated carbocycles. The minimum absolute atomic E-state index is 0.537. The Morgan fingerprint density at radius 1 is 0.900 bits per heavy atom. The van der Waals surface area contributed by atoms with E-state index in [1.54, 1.807) is 27.7 Å². The van der Waals surface area contributed by atoms with Gasteiger partial charge in [-0.2, -0.15) is 0 Å². The molecule has 8 heteroatoms. The Morgan fingerprint density at radius 2 is 1.77 bits per heavy atom. The Balaban J connectivity index is 1.63. The molecule has 4 rings (SSSR count). The monoisotopic (exact) mass is 409 g/mol. The van der Waals surface area contributed by atoms with Gasteiger partial charge in [-0.25, -0.2) is 9.97 Å². The maximum atomic E-state index is 5.61. The number of ether oxygens (including phenoxy) is 3. The number of aromatic nitrogens is 3. The minimum atomic E-state index is 0.537. The van der Waals surface area contributed by atoms with Crippen LogP contribution in [0.4, 0.5) is 5.82 Å². The predicted octanol–water partition coefficient (Wildman–Crippen LogP) is 2.76. The molecule has 0 spiro atoms. The van der Waals surface area contributed by atoms with Gasteiger partial charge in [0.1, 0.15) is 17.7 Å². The fraction of sp³-hybridized carbons (Fsp3) is 0.409. The van der Waals surface area contributed by atoms with Gasteiger partial charge in [-0.05, 0) is 24.6 Å². The zero-order chi connectivity index (χ0) is 20.9. The number of hydrogen-bond acceptors (Lipinski definition) is 8. The second-order valence-electron chi connectivity index (χ2n) is 7.18. The van der Waals surface area contributed by atoms with Gasteiger partial charge in [0.15, 0.2) is 11.5 Å². The molecule has 1 fully saturated rings. The average Bonchev–Trinajstić information content (AvgIpc) is 3.03. The molecule has 0 atom stereocenters. The van der Waals surface area contributed by atoms with Gasteiger partial charge in [-0.15, -0.1) is 0 Å². The summed E-state index contributed by atoms with van der Waals surface area (Å²) in [4.78, 5) is 18.3. The van der Waals surface area contributed by atoms with E-state index in [-0.39, 0.29) is 0 Å². The van der Waals surface area contributed by atoms with Crippen molar-refractivity contribution in [3.8, 4) is 17.2 Å². The summed E-state index contributed by atoms with van der Waals surface area (Å²) in [6.45, 7) is 4.61. The first-order chi connectivity index (χ1) is 14.7. The Kier molecular flexibility index (Phi) is 6.13. The van der Waals surface area contributed by atoms with Crippen molar-refractivity contribution in [3.63, 3.8) is 0 Å². The predicted molar refractivity (Wildman–Crippen MR) is 116 cm³/mol. The number of rotatable bonds is 6. The van der Waals surface area contributed by atoms with Crippen LogP contribution in [-0.2, 0) is 6.54 Å². The highest BCUT2D eigenvalue weighted by molar-refractivity contribution is 5.97. The van der Waals surface area contributed by atoms with Crippen LogP contribution in [0.2, 0.25) is 0 Å². The zero-order valence-electron chi connectivity index (χ0n) is 17.7. The van der Waals surface area contributed by atoms with Gasteiger partial charge < -0.3 is 19.1 Å². The number of methoxy groups -OCH3 is 3. The van der Waals surface area contributed by atoms with E-state index in [1.165, 1.54) is 0 Å². The lowest BCUT2D eigenvalue weighted by molar-refractivity contribution is 0.282. The molecule has 8 nitrogen and oxygen atoms in total. The lowest BCUT2D eigenvalue weighted by Crippen LogP contribution is -2.31. The summed E-state index contributed by atoms with van der Waals surface area (Å²) in [5, 5.41) is 0.894. The van der Waals surface area contributed by atoms with Crippen LogP contribution in [0.5, 0.6) is 17.2 Å². The number of benzene rings is 1. The third-order valence-electron chi connectivity index (χ3n) is 5.41. The average molecular weight is 409 g/mol. The molecule has 0 N–H and O–H groups in total. The van der Waals surface area contributed by atoms with Crippen LogP contribution in [0, 0.1) is 0 Å². The summed E-state index contributed by atoms with van der Waals surface area (Å²) in [7, 11) is 4.83. The maximum absolute atomic E-state index is 5.61. The Labute approximate surface area is 176 Å². The van der Waals surface area contributed by atoms with Crippen LogP contribution in [0.3, 0.4) is 0 Å². The first kappa shape index (κ1) is 20.2. The van der Waals surface area contributed by atoms with Crippen molar-refractivity contribution in [2.75, 3.05) is 52.4 Å². The number of fused-ring (bicyclic) bond motifs is 1. The van der Waals surface area contributed by atoms with Crippen molar-refractivity contribution in [3.05, 3.63) is 42.5 Å². The smallest absolute Gasteiger partial charge is 0.205 e. The molecule has 0 aliphatic carbocycles. The van der Waals surface area contributed by atoms with Crippen LogP contribution >= 0.6 is 0 Å². The van der Waals surface area contributed by atoms with Crippen molar-refractivity contribution < 1.29 is 14.2 Å². The van der Waals surface area contributed by atoms with E-state index in [2.05, 4.69) is 30.8 Å².